The summed E-state index contributed by atoms with van der Waals surface area (Å²) in [6, 6.07) is 7.81. The van der Waals surface area contributed by atoms with Crippen molar-refractivity contribution in [1.29, 1.82) is 0 Å². The van der Waals surface area contributed by atoms with E-state index in [0.717, 1.165) is 24.9 Å². The van der Waals surface area contributed by atoms with Gasteiger partial charge in [-0.1, -0.05) is 32.9 Å². The zero-order chi connectivity index (χ0) is 15.5. The minimum absolute atomic E-state index is 0.0719. The zero-order valence-corrected chi connectivity index (χ0v) is 13.1. The molecule has 1 saturated carbocycles. The summed E-state index contributed by atoms with van der Waals surface area (Å²) in [7, 11) is 0. The number of anilines is 1. The maximum atomic E-state index is 12.0. The van der Waals surface area contributed by atoms with Crippen molar-refractivity contribution < 1.29 is 9.90 Å². The van der Waals surface area contributed by atoms with Crippen LogP contribution in [0.25, 0.3) is 0 Å². The lowest BCUT2D eigenvalue weighted by Gasteiger charge is -2.26. The van der Waals surface area contributed by atoms with Gasteiger partial charge in [-0.05, 0) is 48.8 Å². The number of benzene rings is 1. The Kier molecular flexibility index (Phi) is 4.88. The highest BCUT2D eigenvalue weighted by Gasteiger charge is 2.21. The van der Waals surface area contributed by atoms with Crippen LogP contribution in [0.15, 0.2) is 24.3 Å². The van der Waals surface area contributed by atoms with E-state index in [-0.39, 0.29) is 23.6 Å². The Morgan fingerprint density at radius 1 is 1.19 bits per heavy atom. The first kappa shape index (κ1) is 15.8. The molecule has 0 unspecified atom stereocenters. The molecule has 0 aromatic heterocycles. The summed E-state index contributed by atoms with van der Waals surface area (Å²) < 4.78 is 0. The van der Waals surface area contributed by atoms with Crippen LogP contribution in [0.3, 0.4) is 0 Å². The lowest BCUT2D eigenvalue weighted by atomic mass is 9.87. The summed E-state index contributed by atoms with van der Waals surface area (Å²) in [5.41, 5.74) is 2.14. The molecule has 0 saturated heterocycles. The Hall–Kier alpha value is -1.55. The summed E-state index contributed by atoms with van der Waals surface area (Å²) in [4.78, 5) is 12.0. The molecule has 4 nitrogen and oxygen atoms in total. The lowest BCUT2D eigenvalue weighted by molar-refractivity contribution is 0.114. The molecule has 21 heavy (non-hydrogen) atoms. The average molecular weight is 290 g/mol. The smallest absolute Gasteiger partial charge is 0.319 e. The highest BCUT2D eigenvalue weighted by molar-refractivity contribution is 5.89. The van der Waals surface area contributed by atoms with Crippen LogP contribution < -0.4 is 10.6 Å². The van der Waals surface area contributed by atoms with Crippen LogP contribution in [0.4, 0.5) is 10.5 Å². The quantitative estimate of drug-likeness (QED) is 0.781. The Balaban J connectivity index is 1.87. The van der Waals surface area contributed by atoms with Gasteiger partial charge in [0.25, 0.3) is 0 Å². The van der Waals surface area contributed by atoms with E-state index in [4.69, 9.17) is 0 Å². The second kappa shape index (κ2) is 6.48. The van der Waals surface area contributed by atoms with E-state index in [0.29, 0.717) is 6.42 Å². The molecule has 2 rings (SSSR count). The minimum Gasteiger partial charge on any atom is -0.393 e. The lowest BCUT2D eigenvalue weighted by Crippen LogP contribution is -2.41. The molecule has 1 fully saturated rings. The molecule has 3 N–H and O–H groups in total. The first-order valence-electron chi connectivity index (χ1n) is 7.71. The Morgan fingerprint density at radius 3 is 2.43 bits per heavy atom. The number of hydrogen-bond donors (Lipinski definition) is 3. The zero-order valence-electron chi connectivity index (χ0n) is 13.1. The number of aliphatic hydroxyl groups is 1. The largest absolute Gasteiger partial charge is 0.393 e. The predicted octanol–water partition coefficient (Wildman–Crippen LogP) is 3.41. The fourth-order valence-corrected chi connectivity index (χ4v) is 2.70. The topological polar surface area (TPSA) is 61.4 Å². The molecule has 0 heterocycles. The molecular weight excluding hydrogens is 264 g/mol. The van der Waals surface area contributed by atoms with Gasteiger partial charge in [-0.2, -0.15) is 0 Å². The van der Waals surface area contributed by atoms with Crippen LogP contribution in [-0.4, -0.2) is 23.3 Å². The number of aliphatic hydroxyl groups excluding tert-OH is 1. The van der Waals surface area contributed by atoms with Crippen molar-refractivity contribution in [3.63, 3.8) is 0 Å². The summed E-state index contributed by atoms with van der Waals surface area (Å²) in [6.07, 6.45) is 3.11. The van der Waals surface area contributed by atoms with Crippen LogP contribution in [0.5, 0.6) is 0 Å². The molecule has 0 bridgehead atoms. The average Bonchev–Trinajstić information content (AvgIpc) is 2.38. The summed E-state index contributed by atoms with van der Waals surface area (Å²) in [6.45, 7) is 6.49. The van der Waals surface area contributed by atoms with Crippen molar-refractivity contribution in [3.05, 3.63) is 29.8 Å². The number of urea groups is 1. The van der Waals surface area contributed by atoms with E-state index in [9.17, 15) is 9.90 Å². The highest BCUT2D eigenvalue weighted by atomic mass is 16.3. The monoisotopic (exact) mass is 290 g/mol. The van der Waals surface area contributed by atoms with Gasteiger partial charge in [0.15, 0.2) is 0 Å². The second-order valence-electron chi connectivity index (χ2n) is 6.94. The van der Waals surface area contributed by atoms with E-state index >= 15 is 0 Å². The normalized spacial score (nSPS) is 22.7. The SMILES string of the molecule is CC(C)(C)c1ccc(NC(=O)N[C@H]2CCC[C@@H](O)C2)cc1. The van der Waals surface area contributed by atoms with Crippen LogP contribution in [0, 0.1) is 0 Å². The number of hydrogen-bond acceptors (Lipinski definition) is 2. The van der Waals surface area contributed by atoms with Crippen LogP contribution in [-0.2, 0) is 5.41 Å². The van der Waals surface area contributed by atoms with Gasteiger partial charge in [-0.3, -0.25) is 0 Å². The van der Waals surface area contributed by atoms with E-state index < -0.39 is 0 Å². The van der Waals surface area contributed by atoms with Crippen LogP contribution in [0.2, 0.25) is 0 Å². The molecule has 1 aliphatic rings. The number of nitrogens with one attached hydrogen (secondary N) is 2. The Bertz CT molecular complexity index is 477. The molecule has 2 atom stereocenters. The van der Waals surface area contributed by atoms with Gasteiger partial charge in [0.1, 0.15) is 0 Å². The molecule has 1 aliphatic carbocycles. The number of carbonyl (C=O) groups is 1. The third kappa shape index (κ3) is 4.74. The first-order valence-corrected chi connectivity index (χ1v) is 7.71. The Labute approximate surface area is 126 Å². The van der Waals surface area contributed by atoms with Gasteiger partial charge in [0.2, 0.25) is 0 Å². The maximum Gasteiger partial charge on any atom is 0.319 e. The third-order valence-corrected chi connectivity index (χ3v) is 3.99. The standard InChI is InChI=1S/C17H26N2O2/c1-17(2,3)12-7-9-13(10-8-12)18-16(21)19-14-5-4-6-15(20)11-14/h7-10,14-15,20H,4-6,11H2,1-3H3,(H2,18,19,21)/t14-,15+/m0/s1. The second-order valence-corrected chi connectivity index (χ2v) is 6.94. The van der Waals surface area contributed by atoms with Gasteiger partial charge in [-0.15, -0.1) is 0 Å². The van der Waals surface area contributed by atoms with E-state index in [1.54, 1.807) is 0 Å². The molecule has 0 radical (unpaired) electrons. The first-order chi connectivity index (χ1) is 9.84. The molecular formula is C17H26N2O2. The molecule has 0 aliphatic heterocycles. The molecule has 2 amide bonds. The number of carbonyl (C=O) groups excluding carboxylic acids is 1. The third-order valence-electron chi connectivity index (χ3n) is 3.99. The minimum atomic E-state index is -0.282. The molecule has 0 spiro atoms. The van der Waals surface area contributed by atoms with Gasteiger partial charge in [0.05, 0.1) is 6.10 Å². The predicted molar refractivity (Wildman–Crippen MR) is 85.6 cm³/mol. The summed E-state index contributed by atoms with van der Waals surface area (Å²) in [5, 5.41) is 15.4. The molecule has 4 heteroatoms. The fourth-order valence-electron chi connectivity index (χ4n) is 2.70. The van der Waals surface area contributed by atoms with E-state index in [1.807, 2.05) is 24.3 Å². The molecule has 1 aromatic carbocycles. The van der Waals surface area contributed by atoms with Crippen molar-refractivity contribution in [3.8, 4) is 0 Å². The highest BCUT2D eigenvalue weighted by Crippen LogP contribution is 2.23. The van der Waals surface area contributed by atoms with Crippen molar-refractivity contribution in [2.45, 2.75) is 64.0 Å². The van der Waals surface area contributed by atoms with Crippen molar-refractivity contribution in [2.24, 2.45) is 0 Å². The van der Waals surface area contributed by atoms with Crippen LogP contribution >= 0.6 is 0 Å². The van der Waals surface area contributed by atoms with E-state index in [2.05, 4.69) is 31.4 Å². The van der Waals surface area contributed by atoms with Gasteiger partial charge < -0.3 is 15.7 Å². The van der Waals surface area contributed by atoms with Crippen molar-refractivity contribution in [1.82, 2.24) is 5.32 Å². The number of amides is 2. The maximum absolute atomic E-state index is 12.0. The van der Waals surface area contributed by atoms with E-state index in [1.165, 1.54) is 5.56 Å². The fraction of sp³-hybridized carbons (Fsp3) is 0.588. The number of rotatable bonds is 2. The molecule has 1 aromatic rings. The van der Waals surface area contributed by atoms with Crippen LogP contribution in [0.1, 0.15) is 52.0 Å². The summed E-state index contributed by atoms with van der Waals surface area (Å²) >= 11 is 0. The van der Waals surface area contributed by atoms with Gasteiger partial charge in [-0.25, -0.2) is 4.79 Å². The van der Waals surface area contributed by atoms with Crippen molar-refractivity contribution in [2.75, 3.05) is 5.32 Å². The summed E-state index contributed by atoms with van der Waals surface area (Å²) in [5.74, 6) is 0. The van der Waals surface area contributed by atoms with Gasteiger partial charge >= 0.3 is 6.03 Å². The Morgan fingerprint density at radius 2 is 1.86 bits per heavy atom. The molecule has 116 valence electrons. The van der Waals surface area contributed by atoms with Gasteiger partial charge in [0, 0.05) is 11.7 Å². The van der Waals surface area contributed by atoms with Crippen molar-refractivity contribution >= 4 is 11.7 Å².